The van der Waals surface area contributed by atoms with Crippen LogP contribution in [0.25, 0.3) is 5.65 Å². The molecule has 1 aromatic carbocycles. The number of hydrogen-bond donors (Lipinski definition) is 1. The van der Waals surface area contributed by atoms with E-state index in [0.29, 0.717) is 35.2 Å². The molecule has 3 atom stereocenters. The first-order chi connectivity index (χ1) is 15.5. The molecule has 3 aromatic rings. The third kappa shape index (κ3) is 3.59. The summed E-state index contributed by atoms with van der Waals surface area (Å²) in [5.74, 6) is 1.24. The molecule has 8 heteroatoms. The molecule has 1 saturated carbocycles. The molecule has 1 saturated heterocycles. The van der Waals surface area contributed by atoms with E-state index in [2.05, 4.69) is 15.4 Å². The summed E-state index contributed by atoms with van der Waals surface area (Å²) in [7, 11) is 1.56. The van der Waals surface area contributed by atoms with E-state index in [-0.39, 0.29) is 17.9 Å². The number of nitrogens with zero attached hydrogens (tertiary/aromatic N) is 4. The number of fused-ring (bicyclic) bond motifs is 2. The molecule has 2 fully saturated rings. The summed E-state index contributed by atoms with van der Waals surface area (Å²) in [4.78, 5) is 33.2. The van der Waals surface area contributed by atoms with Crippen molar-refractivity contribution in [2.75, 3.05) is 12.4 Å². The van der Waals surface area contributed by atoms with Gasteiger partial charge in [-0.1, -0.05) is 25.0 Å². The molecule has 0 spiro atoms. The highest BCUT2D eigenvalue weighted by Gasteiger charge is 2.48. The van der Waals surface area contributed by atoms with Gasteiger partial charge in [-0.15, -0.1) is 0 Å². The maximum atomic E-state index is 13.7. The van der Waals surface area contributed by atoms with Gasteiger partial charge in [0.2, 0.25) is 5.91 Å². The number of methoxy groups -OCH3 is 1. The third-order valence-corrected chi connectivity index (χ3v) is 6.67. The summed E-state index contributed by atoms with van der Waals surface area (Å²) in [5, 5.41) is 7.32. The first-order valence-corrected chi connectivity index (χ1v) is 11.1. The normalized spacial score (nSPS) is 22.6. The van der Waals surface area contributed by atoms with Crippen molar-refractivity contribution in [2.24, 2.45) is 5.92 Å². The van der Waals surface area contributed by atoms with Crippen LogP contribution < -0.4 is 10.1 Å². The van der Waals surface area contributed by atoms with Gasteiger partial charge in [-0.05, 0) is 56.4 Å². The number of aryl methyl sites for hydroxylation is 1. The van der Waals surface area contributed by atoms with Crippen LogP contribution in [0.2, 0.25) is 0 Å². The van der Waals surface area contributed by atoms with Gasteiger partial charge in [-0.25, -0.2) is 9.50 Å². The number of benzene rings is 1. The van der Waals surface area contributed by atoms with Crippen molar-refractivity contribution >= 4 is 23.1 Å². The zero-order valence-corrected chi connectivity index (χ0v) is 18.3. The van der Waals surface area contributed by atoms with Gasteiger partial charge < -0.3 is 15.0 Å². The Morgan fingerprint density at radius 3 is 2.78 bits per heavy atom. The number of amides is 2. The summed E-state index contributed by atoms with van der Waals surface area (Å²) in [6, 6.07) is 10.4. The lowest BCUT2D eigenvalue weighted by Crippen LogP contribution is -2.48. The van der Waals surface area contributed by atoms with E-state index in [1.807, 2.05) is 36.1 Å². The Bertz CT molecular complexity index is 1170. The molecule has 3 heterocycles. The molecule has 32 heavy (non-hydrogen) atoms. The average Bonchev–Trinajstić information content (AvgIpc) is 3.38. The minimum Gasteiger partial charge on any atom is -0.496 e. The minimum atomic E-state index is -0.520. The van der Waals surface area contributed by atoms with Crippen LogP contribution in [0, 0.1) is 12.8 Å². The predicted molar refractivity (Wildman–Crippen MR) is 120 cm³/mol. The molecular weight excluding hydrogens is 406 g/mol. The fraction of sp³-hybridized carbons (Fsp3) is 0.417. The highest BCUT2D eigenvalue weighted by molar-refractivity contribution is 6.03. The molecule has 2 amide bonds. The Morgan fingerprint density at radius 2 is 1.94 bits per heavy atom. The number of carbonyl (C=O) groups is 2. The zero-order valence-electron chi connectivity index (χ0n) is 18.3. The number of para-hydroxylation sites is 1. The number of anilines is 1. The van der Waals surface area contributed by atoms with Gasteiger partial charge in [-0.3, -0.25) is 9.59 Å². The van der Waals surface area contributed by atoms with E-state index in [4.69, 9.17) is 4.74 Å². The Hall–Kier alpha value is -3.42. The van der Waals surface area contributed by atoms with Crippen molar-refractivity contribution in [1.82, 2.24) is 19.5 Å². The topological polar surface area (TPSA) is 88.8 Å². The average molecular weight is 434 g/mol. The van der Waals surface area contributed by atoms with Crippen molar-refractivity contribution in [3.05, 3.63) is 54.0 Å². The van der Waals surface area contributed by atoms with Crippen LogP contribution in [-0.2, 0) is 4.79 Å². The van der Waals surface area contributed by atoms with Crippen LogP contribution in [0.15, 0.2) is 42.6 Å². The fourth-order valence-corrected chi connectivity index (χ4v) is 5.24. The van der Waals surface area contributed by atoms with Crippen LogP contribution in [-0.4, -0.2) is 50.5 Å². The van der Waals surface area contributed by atoms with E-state index >= 15 is 0 Å². The Morgan fingerprint density at radius 1 is 1.12 bits per heavy atom. The number of likely N-dealkylation sites (tertiary alicyclic amines) is 1. The predicted octanol–water partition coefficient (Wildman–Crippen LogP) is 3.46. The van der Waals surface area contributed by atoms with Gasteiger partial charge in [0.25, 0.3) is 5.91 Å². The monoisotopic (exact) mass is 433 g/mol. The summed E-state index contributed by atoms with van der Waals surface area (Å²) < 4.78 is 7.08. The zero-order chi connectivity index (χ0) is 22.2. The maximum Gasteiger partial charge on any atom is 0.258 e. The molecular formula is C24H27N5O3. The Labute approximate surface area is 186 Å². The van der Waals surface area contributed by atoms with Crippen molar-refractivity contribution in [3.63, 3.8) is 0 Å². The lowest BCUT2D eigenvalue weighted by atomic mass is 9.84. The second-order valence-corrected chi connectivity index (χ2v) is 8.64. The number of hydrogen-bond acceptors (Lipinski definition) is 5. The first-order valence-electron chi connectivity index (χ1n) is 11.1. The van der Waals surface area contributed by atoms with Crippen molar-refractivity contribution in [3.8, 4) is 5.75 Å². The van der Waals surface area contributed by atoms with Crippen LogP contribution in [0.3, 0.4) is 0 Å². The van der Waals surface area contributed by atoms with Crippen molar-refractivity contribution in [2.45, 2.75) is 51.1 Å². The van der Waals surface area contributed by atoms with E-state index in [9.17, 15) is 9.59 Å². The number of nitrogens with one attached hydrogen (secondary N) is 1. The molecule has 1 aliphatic carbocycles. The van der Waals surface area contributed by atoms with Crippen molar-refractivity contribution in [1.29, 1.82) is 0 Å². The van der Waals surface area contributed by atoms with Crippen molar-refractivity contribution < 1.29 is 14.3 Å². The van der Waals surface area contributed by atoms with Gasteiger partial charge in [0.15, 0.2) is 5.65 Å². The second-order valence-electron chi connectivity index (χ2n) is 8.64. The molecule has 166 valence electrons. The number of rotatable bonds is 4. The molecule has 2 aromatic heterocycles. The highest BCUT2D eigenvalue weighted by Crippen LogP contribution is 2.41. The van der Waals surface area contributed by atoms with Gasteiger partial charge in [0.05, 0.1) is 24.6 Å². The molecule has 1 aliphatic heterocycles. The summed E-state index contributed by atoms with van der Waals surface area (Å²) >= 11 is 0. The number of aromatic nitrogens is 3. The number of carbonyl (C=O) groups excluding carboxylic acids is 2. The highest BCUT2D eigenvalue weighted by atomic mass is 16.5. The third-order valence-electron chi connectivity index (χ3n) is 6.67. The first kappa shape index (κ1) is 20.5. The van der Waals surface area contributed by atoms with Gasteiger partial charge in [0.1, 0.15) is 17.6 Å². The Kier molecular flexibility index (Phi) is 5.28. The van der Waals surface area contributed by atoms with E-state index in [1.165, 1.54) is 0 Å². The maximum absolute atomic E-state index is 13.7. The van der Waals surface area contributed by atoms with E-state index in [1.54, 1.807) is 30.0 Å². The Balaban J connectivity index is 1.44. The molecule has 0 bridgehead atoms. The molecule has 8 nitrogen and oxygen atoms in total. The van der Waals surface area contributed by atoms with Crippen LogP contribution >= 0.6 is 0 Å². The van der Waals surface area contributed by atoms with Crippen LogP contribution in [0.1, 0.15) is 48.3 Å². The smallest absolute Gasteiger partial charge is 0.258 e. The SMILES string of the molecule is COc1ccccc1C(=O)N1[C@H](C(=O)Nc2ccc3nc(C)nn3c2)C[C@H]2CCCC[C@@H]21. The molecule has 2 aliphatic rings. The summed E-state index contributed by atoms with van der Waals surface area (Å²) in [6.07, 6.45) is 6.64. The minimum absolute atomic E-state index is 0.0809. The molecule has 1 N–H and O–H groups in total. The van der Waals surface area contributed by atoms with Crippen LogP contribution in [0.5, 0.6) is 5.75 Å². The summed E-state index contributed by atoms with van der Waals surface area (Å²) in [5.41, 5.74) is 1.85. The van der Waals surface area contributed by atoms with E-state index in [0.717, 1.165) is 31.3 Å². The molecule has 0 unspecified atom stereocenters. The summed E-state index contributed by atoms with van der Waals surface area (Å²) in [6.45, 7) is 1.83. The van der Waals surface area contributed by atoms with Gasteiger partial charge in [0, 0.05) is 6.04 Å². The van der Waals surface area contributed by atoms with Crippen LogP contribution in [0.4, 0.5) is 5.69 Å². The second kappa shape index (κ2) is 8.26. The standard InChI is InChI=1S/C24H27N5O3/c1-15-25-22-12-11-17(14-28(22)27-15)26-23(30)20-13-16-7-3-5-9-19(16)29(20)24(31)18-8-4-6-10-21(18)32-2/h4,6,8,10-12,14,16,19-20H,3,5,7,9,13H2,1-2H3,(H,26,30)/t16-,19+,20+/m1/s1. The van der Waals surface area contributed by atoms with Gasteiger partial charge >= 0.3 is 0 Å². The quantitative estimate of drug-likeness (QED) is 0.681. The molecule has 0 radical (unpaired) electrons. The fourth-order valence-electron chi connectivity index (χ4n) is 5.24. The largest absolute Gasteiger partial charge is 0.496 e. The lowest BCUT2D eigenvalue weighted by Gasteiger charge is -2.34. The lowest BCUT2D eigenvalue weighted by molar-refractivity contribution is -0.120. The number of ether oxygens (including phenoxy) is 1. The molecule has 5 rings (SSSR count). The van der Waals surface area contributed by atoms with E-state index < -0.39 is 6.04 Å². The van der Waals surface area contributed by atoms with Gasteiger partial charge in [-0.2, -0.15) is 5.10 Å². The number of pyridine rings is 1.